The molecule has 194 valence electrons. The Morgan fingerprint density at radius 3 is 2.86 bits per heavy atom. The molecule has 2 fully saturated rings. The van der Waals surface area contributed by atoms with E-state index in [9.17, 15) is 5.11 Å². The molecule has 0 saturated heterocycles. The summed E-state index contributed by atoms with van der Waals surface area (Å²) >= 11 is 0. The molecule has 2 saturated carbocycles. The van der Waals surface area contributed by atoms with E-state index in [1.54, 1.807) is 17.2 Å². The van der Waals surface area contributed by atoms with Crippen LogP contribution in [0.4, 0.5) is 0 Å². The van der Waals surface area contributed by atoms with Crippen molar-refractivity contribution in [1.82, 2.24) is 0 Å². The van der Waals surface area contributed by atoms with Crippen molar-refractivity contribution in [3.05, 3.63) is 59.8 Å². The number of hydrogen-bond acceptors (Lipinski definition) is 3. The predicted octanol–water partition coefficient (Wildman–Crippen LogP) is 8.63. The second kappa shape index (κ2) is 13.4. The molecule has 35 heavy (non-hydrogen) atoms. The lowest BCUT2D eigenvalue weighted by Gasteiger charge is -2.42. The van der Waals surface area contributed by atoms with Crippen molar-refractivity contribution in [2.45, 2.75) is 110 Å². The zero-order valence-electron chi connectivity index (χ0n) is 22.7. The molecule has 0 aliphatic heterocycles. The third-order valence-corrected chi connectivity index (χ3v) is 8.64. The summed E-state index contributed by atoms with van der Waals surface area (Å²) in [5.74, 6) is 1.24. The number of hydrogen-bond donors (Lipinski definition) is 1. The number of nitrogens with zero attached hydrogens (tertiary/aromatic N) is 1. The maximum Gasteiger partial charge on any atom is 0.135 e. The van der Waals surface area contributed by atoms with E-state index in [4.69, 9.17) is 4.84 Å². The van der Waals surface area contributed by atoms with E-state index < -0.39 is 0 Å². The molecule has 3 aliphatic rings. The molecule has 4 unspecified atom stereocenters. The summed E-state index contributed by atoms with van der Waals surface area (Å²) in [4.78, 5) is 5.41. The van der Waals surface area contributed by atoms with E-state index in [0.717, 1.165) is 32.1 Å². The average Bonchev–Trinajstić information content (AvgIpc) is 3.20. The Labute approximate surface area is 214 Å². The predicted molar refractivity (Wildman–Crippen MR) is 149 cm³/mol. The highest BCUT2D eigenvalue weighted by atomic mass is 16.6. The molecule has 3 aliphatic carbocycles. The van der Waals surface area contributed by atoms with Crippen LogP contribution in [0, 0.1) is 17.3 Å². The lowest BCUT2D eigenvalue weighted by atomic mass is 9.62. The van der Waals surface area contributed by atoms with Crippen molar-refractivity contribution in [2.24, 2.45) is 22.4 Å². The normalized spacial score (nSPS) is 30.3. The number of aliphatic hydroxyl groups excluding tert-OH is 1. The number of fused-ring (bicyclic) bond motifs is 1. The van der Waals surface area contributed by atoms with Crippen molar-refractivity contribution in [3.63, 3.8) is 0 Å². The van der Waals surface area contributed by atoms with Gasteiger partial charge in [-0.1, -0.05) is 86.5 Å². The van der Waals surface area contributed by atoms with Gasteiger partial charge in [0.05, 0.1) is 11.8 Å². The van der Waals surface area contributed by atoms with Gasteiger partial charge in [-0.05, 0) is 99.9 Å². The molecule has 1 N–H and O–H groups in total. The molecule has 0 aromatic heterocycles. The van der Waals surface area contributed by atoms with Crippen LogP contribution < -0.4 is 0 Å². The zero-order valence-corrected chi connectivity index (χ0v) is 22.7. The van der Waals surface area contributed by atoms with Gasteiger partial charge in [-0.3, -0.25) is 0 Å². The maximum absolute atomic E-state index is 10.1. The summed E-state index contributed by atoms with van der Waals surface area (Å²) in [5, 5.41) is 14.5. The fourth-order valence-corrected chi connectivity index (χ4v) is 6.56. The van der Waals surface area contributed by atoms with Crippen LogP contribution in [0.3, 0.4) is 0 Å². The first-order valence-electron chi connectivity index (χ1n) is 14.1. The second-order valence-corrected chi connectivity index (χ2v) is 11.3. The van der Waals surface area contributed by atoms with Gasteiger partial charge in [-0.25, -0.2) is 0 Å². The van der Waals surface area contributed by atoms with Crippen LogP contribution in [0.25, 0.3) is 0 Å². The van der Waals surface area contributed by atoms with Gasteiger partial charge < -0.3 is 9.94 Å². The Bertz CT molecular complexity index is 861. The fourth-order valence-electron chi connectivity index (χ4n) is 6.56. The lowest BCUT2D eigenvalue weighted by molar-refractivity contribution is 0.158. The topological polar surface area (TPSA) is 41.8 Å². The highest BCUT2D eigenvalue weighted by molar-refractivity contribution is 5.83. The van der Waals surface area contributed by atoms with Crippen molar-refractivity contribution in [1.29, 1.82) is 0 Å². The maximum atomic E-state index is 10.1. The third-order valence-electron chi connectivity index (χ3n) is 8.64. The standard InChI is InChI=1S/C32H49NO2/c1-6-8-13-28(33-35-22-7-2)14-9-11-25(4)30-19-20-31-26(12-10-21-32(30,31)5)16-17-27-23-29(34)18-15-24(27)3/h7,16-17,19,25,29,31,34H,2-3,6,8-15,18,20-23H2,1,4-5H3/b26-16+,27-17-,33-28-. The Kier molecular flexibility index (Phi) is 10.6. The lowest BCUT2D eigenvalue weighted by Crippen LogP contribution is -2.32. The van der Waals surface area contributed by atoms with Crippen LogP contribution in [-0.4, -0.2) is 23.5 Å². The van der Waals surface area contributed by atoms with Gasteiger partial charge in [0.15, 0.2) is 0 Å². The van der Waals surface area contributed by atoms with Crippen molar-refractivity contribution >= 4 is 5.71 Å². The minimum absolute atomic E-state index is 0.205. The van der Waals surface area contributed by atoms with E-state index in [1.165, 1.54) is 68.2 Å². The van der Waals surface area contributed by atoms with Crippen LogP contribution in [-0.2, 0) is 4.84 Å². The van der Waals surface area contributed by atoms with Crippen LogP contribution in [0.5, 0.6) is 0 Å². The van der Waals surface area contributed by atoms with Gasteiger partial charge in [0, 0.05) is 0 Å². The highest BCUT2D eigenvalue weighted by Crippen LogP contribution is 2.57. The van der Waals surface area contributed by atoms with Gasteiger partial charge in [-0.15, -0.1) is 0 Å². The van der Waals surface area contributed by atoms with Crippen LogP contribution in [0.15, 0.2) is 64.9 Å². The molecule has 3 heteroatoms. The van der Waals surface area contributed by atoms with E-state index >= 15 is 0 Å². The fraction of sp³-hybridized carbons (Fsp3) is 0.656. The van der Waals surface area contributed by atoms with E-state index in [0.29, 0.717) is 18.4 Å². The number of rotatable bonds is 12. The van der Waals surface area contributed by atoms with E-state index in [2.05, 4.69) is 57.3 Å². The Balaban J connectivity index is 1.61. The monoisotopic (exact) mass is 479 g/mol. The van der Waals surface area contributed by atoms with Gasteiger partial charge in [-0.2, -0.15) is 0 Å². The van der Waals surface area contributed by atoms with Gasteiger partial charge in [0.2, 0.25) is 0 Å². The molecule has 0 bridgehead atoms. The third kappa shape index (κ3) is 7.32. The largest absolute Gasteiger partial charge is 0.393 e. The first-order valence-corrected chi connectivity index (χ1v) is 14.1. The quantitative estimate of drug-likeness (QED) is 0.132. The van der Waals surface area contributed by atoms with Crippen molar-refractivity contribution in [3.8, 4) is 0 Å². The highest BCUT2D eigenvalue weighted by Gasteiger charge is 2.45. The summed E-state index contributed by atoms with van der Waals surface area (Å²) in [6.07, 6.45) is 23.1. The first kappa shape index (κ1) is 27.7. The minimum atomic E-state index is -0.205. The summed E-state index contributed by atoms with van der Waals surface area (Å²) in [6, 6.07) is 0. The smallest absolute Gasteiger partial charge is 0.135 e. The average molecular weight is 480 g/mol. The van der Waals surface area contributed by atoms with Crippen LogP contribution in [0.2, 0.25) is 0 Å². The minimum Gasteiger partial charge on any atom is -0.393 e. The molecular weight excluding hydrogens is 430 g/mol. The summed E-state index contributed by atoms with van der Waals surface area (Å²) in [6.45, 7) is 15.6. The first-order chi connectivity index (χ1) is 16.9. The molecular formula is C32H49NO2. The molecule has 0 radical (unpaired) electrons. The van der Waals surface area contributed by atoms with Crippen LogP contribution in [0.1, 0.15) is 104 Å². The molecule has 0 amide bonds. The molecule has 0 heterocycles. The van der Waals surface area contributed by atoms with Gasteiger partial charge >= 0.3 is 0 Å². The summed E-state index contributed by atoms with van der Waals surface area (Å²) < 4.78 is 0. The number of allylic oxidation sites excluding steroid dienone is 6. The molecule has 3 rings (SSSR count). The van der Waals surface area contributed by atoms with E-state index in [1.807, 2.05) is 0 Å². The molecule has 3 nitrogen and oxygen atoms in total. The van der Waals surface area contributed by atoms with Gasteiger partial charge in [0.1, 0.15) is 6.61 Å². The number of unbranched alkanes of at least 4 members (excludes halogenated alkanes) is 1. The Morgan fingerprint density at radius 2 is 2.09 bits per heavy atom. The molecule has 4 atom stereocenters. The zero-order chi connectivity index (χ0) is 25.3. The number of aliphatic hydroxyl groups is 1. The van der Waals surface area contributed by atoms with Crippen LogP contribution >= 0.6 is 0 Å². The SMILES string of the molecule is C=CCO/N=C(/CCCC)CCCC(C)C1=CCC2/C(=C/C=C3/CC(O)CCC3=C)CCCC12C. The number of oxime groups is 1. The van der Waals surface area contributed by atoms with E-state index in [-0.39, 0.29) is 11.5 Å². The van der Waals surface area contributed by atoms with Crippen molar-refractivity contribution < 1.29 is 9.94 Å². The van der Waals surface area contributed by atoms with Crippen molar-refractivity contribution in [2.75, 3.05) is 6.61 Å². The molecule has 0 aromatic carbocycles. The molecule has 0 aromatic rings. The van der Waals surface area contributed by atoms with Gasteiger partial charge in [0.25, 0.3) is 0 Å². The summed E-state index contributed by atoms with van der Waals surface area (Å²) in [5.41, 5.74) is 7.24. The molecule has 0 spiro atoms. The second-order valence-electron chi connectivity index (χ2n) is 11.3. The Hall–Kier alpha value is -1.87. The summed E-state index contributed by atoms with van der Waals surface area (Å²) in [7, 11) is 0. The Morgan fingerprint density at radius 1 is 1.29 bits per heavy atom.